The molecule has 2 saturated heterocycles. The minimum Gasteiger partial charge on any atom is -0.378 e. The van der Waals surface area contributed by atoms with Crippen molar-refractivity contribution >= 4 is 5.91 Å². The molecule has 2 heterocycles. The number of nitrogens with zero attached hydrogens (tertiary/aromatic N) is 3. The van der Waals surface area contributed by atoms with Gasteiger partial charge in [0, 0.05) is 58.3 Å². The zero-order valence-electron chi connectivity index (χ0n) is 14.3. The van der Waals surface area contributed by atoms with Crippen LogP contribution >= 0.6 is 0 Å². The number of hydrogen-bond acceptors (Lipinski definition) is 4. The van der Waals surface area contributed by atoms with E-state index >= 15 is 0 Å². The third-order valence-electron chi connectivity index (χ3n) is 6.58. The first-order valence-electron chi connectivity index (χ1n) is 9.61. The molecule has 130 valence electrons. The van der Waals surface area contributed by atoms with Crippen LogP contribution in [0.15, 0.2) is 0 Å². The van der Waals surface area contributed by atoms with E-state index in [2.05, 4.69) is 9.80 Å². The molecule has 0 spiro atoms. The van der Waals surface area contributed by atoms with Crippen LogP contribution in [-0.2, 0) is 9.53 Å². The molecule has 2 aliphatic carbocycles. The van der Waals surface area contributed by atoms with Crippen molar-refractivity contribution in [3.05, 3.63) is 0 Å². The van der Waals surface area contributed by atoms with E-state index in [9.17, 15) is 4.79 Å². The van der Waals surface area contributed by atoms with Crippen molar-refractivity contribution in [3.8, 4) is 0 Å². The van der Waals surface area contributed by atoms with E-state index < -0.39 is 0 Å². The van der Waals surface area contributed by atoms with Crippen LogP contribution in [0.5, 0.6) is 0 Å². The molecule has 0 N–H and O–H groups in total. The predicted octanol–water partition coefficient (Wildman–Crippen LogP) is 1.04. The van der Waals surface area contributed by atoms with Gasteiger partial charge in [0.1, 0.15) is 0 Å². The molecule has 5 nitrogen and oxygen atoms in total. The summed E-state index contributed by atoms with van der Waals surface area (Å²) < 4.78 is 5.32. The average molecular weight is 321 g/mol. The first-order chi connectivity index (χ1) is 11.3. The lowest BCUT2D eigenvalue weighted by atomic mass is 9.93. The van der Waals surface area contributed by atoms with Crippen molar-refractivity contribution in [2.45, 2.75) is 38.1 Å². The average Bonchev–Trinajstić information content (AvgIpc) is 3.24. The second-order valence-corrected chi connectivity index (χ2v) is 7.86. The minimum absolute atomic E-state index is 0.309. The number of carbonyl (C=O) groups excluding carboxylic acids is 1. The standard InChI is InChI=1S/C18H31N3O2/c22-18(21-9-11-23-12-10-21)3-4-19-5-7-20(8-6-19)17-14-15-1-2-16(17)13-15/h15-17H,1-14H2/t15-,16-,17-/m0/s1. The third kappa shape index (κ3) is 3.57. The van der Waals surface area contributed by atoms with Gasteiger partial charge in [-0.3, -0.25) is 9.69 Å². The molecule has 2 saturated carbocycles. The molecule has 0 aromatic rings. The van der Waals surface area contributed by atoms with Crippen molar-refractivity contribution in [2.24, 2.45) is 11.8 Å². The fourth-order valence-corrected chi connectivity index (χ4v) is 5.20. The van der Waals surface area contributed by atoms with Crippen molar-refractivity contribution in [1.29, 1.82) is 0 Å². The van der Waals surface area contributed by atoms with Gasteiger partial charge in [0.25, 0.3) is 0 Å². The van der Waals surface area contributed by atoms with Gasteiger partial charge in [-0.2, -0.15) is 0 Å². The smallest absolute Gasteiger partial charge is 0.224 e. The summed E-state index contributed by atoms with van der Waals surface area (Å²) in [7, 11) is 0. The Labute approximate surface area is 139 Å². The lowest BCUT2D eigenvalue weighted by Crippen LogP contribution is -2.52. The van der Waals surface area contributed by atoms with Crippen LogP contribution in [-0.4, -0.2) is 85.7 Å². The Bertz CT molecular complexity index is 416. The van der Waals surface area contributed by atoms with Crippen molar-refractivity contribution in [2.75, 3.05) is 59.0 Å². The number of amides is 1. The molecule has 0 aromatic carbocycles. The number of carbonyl (C=O) groups is 1. The molecular formula is C18H31N3O2. The number of rotatable bonds is 4. The van der Waals surface area contributed by atoms with Crippen LogP contribution in [0.2, 0.25) is 0 Å². The van der Waals surface area contributed by atoms with E-state index in [0.29, 0.717) is 25.5 Å². The Hall–Kier alpha value is -0.650. The van der Waals surface area contributed by atoms with Gasteiger partial charge in [-0.15, -0.1) is 0 Å². The van der Waals surface area contributed by atoms with Crippen LogP contribution in [0.4, 0.5) is 0 Å². The number of piperazine rings is 1. The van der Waals surface area contributed by atoms with Crippen LogP contribution in [0, 0.1) is 11.8 Å². The maximum Gasteiger partial charge on any atom is 0.224 e. The Morgan fingerprint density at radius 2 is 1.74 bits per heavy atom. The summed E-state index contributed by atoms with van der Waals surface area (Å²) >= 11 is 0. The monoisotopic (exact) mass is 321 g/mol. The lowest BCUT2D eigenvalue weighted by molar-refractivity contribution is -0.135. The van der Waals surface area contributed by atoms with Crippen molar-refractivity contribution < 1.29 is 9.53 Å². The topological polar surface area (TPSA) is 36.0 Å². The predicted molar refractivity (Wildman–Crippen MR) is 89.3 cm³/mol. The molecule has 0 unspecified atom stereocenters. The van der Waals surface area contributed by atoms with Gasteiger partial charge in [0.2, 0.25) is 5.91 Å². The zero-order chi connectivity index (χ0) is 15.6. The van der Waals surface area contributed by atoms with E-state index in [4.69, 9.17) is 4.74 Å². The second-order valence-electron chi connectivity index (χ2n) is 7.86. The quantitative estimate of drug-likeness (QED) is 0.775. The highest BCUT2D eigenvalue weighted by molar-refractivity contribution is 5.76. The van der Waals surface area contributed by atoms with Gasteiger partial charge in [-0.05, 0) is 31.1 Å². The first kappa shape index (κ1) is 15.9. The molecule has 5 heteroatoms. The maximum absolute atomic E-state index is 12.2. The van der Waals surface area contributed by atoms with Gasteiger partial charge in [-0.1, -0.05) is 6.42 Å². The summed E-state index contributed by atoms with van der Waals surface area (Å²) in [4.78, 5) is 19.4. The van der Waals surface area contributed by atoms with E-state index in [0.717, 1.165) is 50.6 Å². The largest absolute Gasteiger partial charge is 0.378 e. The molecule has 0 radical (unpaired) electrons. The summed E-state index contributed by atoms with van der Waals surface area (Å²) in [6.45, 7) is 8.59. The summed E-state index contributed by atoms with van der Waals surface area (Å²) in [5, 5.41) is 0. The molecule has 23 heavy (non-hydrogen) atoms. The Balaban J connectivity index is 1.17. The molecule has 4 fully saturated rings. The third-order valence-corrected chi connectivity index (χ3v) is 6.58. The van der Waals surface area contributed by atoms with Gasteiger partial charge >= 0.3 is 0 Å². The number of morpholine rings is 1. The molecule has 2 bridgehead atoms. The van der Waals surface area contributed by atoms with E-state index in [1.54, 1.807) is 0 Å². The Kier molecular flexibility index (Phi) is 4.88. The summed E-state index contributed by atoms with van der Waals surface area (Å²) in [6, 6.07) is 0.880. The molecular weight excluding hydrogens is 290 g/mol. The maximum atomic E-state index is 12.2. The van der Waals surface area contributed by atoms with Crippen LogP contribution in [0.3, 0.4) is 0 Å². The van der Waals surface area contributed by atoms with Crippen LogP contribution in [0.1, 0.15) is 32.1 Å². The lowest BCUT2D eigenvalue weighted by Gasteiger charge is -2.41. The van der Waals surface area contributed by atoms with Crippen molar-refractivity contribution in [1.82, 2.24) is 14.7 Å². The minimum atomic E-state index is 0.309. The molecule has 4 aliphatic rings. The fraction of sp³-hybridized carbons (Fsp3) is 0.944. The van der Waals surface area contributed by atoms with Gasteiger partial charge in [0.05, 0.1) is 13.2 Å². The molecule has 1 amide bonds. The second kappa shape index (κ2) is 7.08. The highest BCUT2D eigenvalue weighted by Crippen LogP contribution is 2.46. The number of ether oxygens (including phenoxy) is 1. The van der Waals surface area contributed by atoms with Crippen LogP contribution in [0.25, 0.3) is 0 Å². The van der Waals surface area contributed by atoms with Crippen LogP contribution < -0.4 is 0 Å². The van der Waals surface area contributed by atoms with Gasteiger partial charge in [-0.25, -0.2) is 0 Å². The molecule has 0 aromatic heterocycles. The van der Waals surface area contributed by atoms with Gasteiger partial charge in [0.15, 0.2) is 0 Å². The van der Waals surface area contributed by atoms with E-state index in [1.165, 1.54) is 38.8 Å². The molecule has 2 aliphatic heterocycles. The fourth-order valence-electron chi connectivity index (χ4n) is 5.20. The first-order valence-corrected chi connectivity index (χ1v) is 9.61. The normalized spacial score (nSPS) is 35.8. The Morgan fingerprint density at radius 1 is 0.957 bits per heavy atom. The SMILES string of the molecule is O=C(CCN1CCN([C@H]2C[C@H]3CC[C@H]2C3)CC1)N1CCOCC1. The summed E-state index contributed by atoms with van der Waals surface area (Å²) in [6.07, 6.45) is 6.60. The number of hydrogen-bond donors (Lipinski definition) is 0. The van der Waals surface area contributed by atoms with E-state index in [1.807, 2.05) is 4.90 Å². The number of fused-ring (bicyclic) bond motifs is 2. The Morgan fingerprint density at radius 3 is 2.39 bits per heavy atom. The zero-order valence-corrected chi connectivity index (χ0v) is 14.3. The summed E-state index contributed by atoms with van der Waals surface area (Å²) in [5.41, 5.74) is 0. The summed E-state index contributed by atoms with van der Waals surface area (Å²) in [5.74, 6) is 2.34. The molecule has 4 rings (SSSR count). The van der Waals surface area contributed by atoms with E-state index in [-0.39, 0.29) is 0 Å². The van der Waals surface area contributed by atoms with Crippen molar-refractivity contribution in [3.63, 3.8) is 0 Å². The highest BCUT2D eigenvalue weighted by atomic mass is 16.5. The highest BCUT2D eigenvalue weighted by Gasteiger charge is 2.42. The molecule has 3 atom stereocenters. The van der Waals surface area contributed by atoms with Gasteiger partial charge < -0.3 is 14.5 Å².